The van der Waals surface area contributed by atoms with Crippen LogP contribution in [0.25, 0.3) is 11.3 Å². The molecule has 6 rings (SSSR count). The van der Waals surface area contributed by atoms with E-state index in [9.17, 15) is 14.3 Å². The molecular weight excluding hydrogens is 616 g/mol. The Morgan fingerprint density at radius 1 is 1.22 bits per heavy atom. The van der Waals surface area contributed by atoms with Crippen molar-refractivity contribution in [1.82, 2.24) is 10.3 Å². The van der Waals surface area contributed by atoms with E-state index in [1.165, 1.54) is 13.2 Å². The fourth-order valence-electron chi connectivity index (χ4n) is 5.33. The molecule has 1 aliphatic heterocycles. The van der Waals surface area contributed by atoms with E-state index in [-0.39, 0.29) is 52.5 Å². The number of carbonyl (C=O) groups is 1. The minimum Gasteiger partial charge on any atom is -0.495 e. The van der Waals surface area contributed by atoms with E-state index in [4.69, 9.17) is 32.5 Å². The molecule has 9 nitrogen and oxygen atoms in total. The Hall–Kier alpha value is -4.58. The van der Waals surface area contributed by atoms with Crippen molar-refractivity contribution in [1.29, 1.82) is 0 Å². The molecule has 1 amide bonds. The van der Waals surface area contributed by atoms with Crippen molar-refractivity contribution >= 4 is 29.4 Å². The molecule has 1 saturated carbocycles. The van der Waals surface area contributed by atoms with Gasteiger partial charge in [0.25, 0.3) is 5.91 Å². The Morgan fingerprint density at radius 2 is 1.96 bits per heavy atom. The first-order chi connectivity index (χ1) is 21.9. The fourth-order valence-corrected chi connectivity index (χ4v) is 5.49. The van der Waals surface area contributed by atoms with E-state index in [0.29, 0.717) is 34.2 Å². The molecule has 1 aliphatic carbocycles. The van der Waals surface area contributed by atoms with Crippen LogP contribution < -0.4 is 26.3 Å². The fraction of sp³-hybridized carbons (Fsp3) is 0.265. The molecule has 1 aromatic heterocycles. The molecule has 0 radical (unpaired) electrons. The molecule has 0 saturated heterocycles. The van der Waals surface area contributed by atoms with Crippen LogP contribution in [0.15, 0.2) is 65.7 Å². The summed E-state index contributed by atoms with van der Waals surface area (Å²) in [6, 6.07) is 15.3. The minimum absolute atomic E-state index is 0.0235. The molecule has 1 fully saturated rings. The number of nitrogens with two attached hydrogens (primary N) is 2. The molecule has 12 heteroatoms. The molecule has 3 aromatic carbocycles. The Bertz CT molecular complexity index is 1870. The number of pyridine rings is 1. The highest BCUT2D eigenvalue weighted by Gasteiger charge is 2.41. The number of hydrogen-bond acceptors (Lipinski definition) is 8. The van der Waals surface area contributed by atoms with Crippen LogP contribution in [0.2, 0.25) is 5.02 Å². The molecule has 0 bridgehead atoms. The van der Waals surface area contributed by atoms with Gasteiger partial charge in [-0.15, -0.1) is 0 Å². The Kier molecular flexibility index (Phi) is 8.18. The van der Waals surface area contributed by atoms with Gasteiger partial charge in [-0.05, 0) is 49.6 Å². The molecule has 46 heavy (non-hydrogen) atoms. The standard InChI is InChI=1S/C34H32ClF2N5O4/c1-33(39)17-46-31-23(33)13-28(42-30(31)22-12-24(35)26(37)14-25(22)36)34(44,20-6-4-3-5-7-20)16-41-32(43)18-10-19(15-40-21-8-9-21)29(38)27(11-18)45-2/h3-7,10-15,21,44H,8-9,16-17,38-39H2,1-2H3,(H,41,43)/t33-,34+/m0/s1. The van der Waals surface area contributed by atoms with Gasteiger partial charge in [-0.1, -0.05) is 41.9 Å². The second kappa shape index (κ2) is 12.0. The van der Waals surface area contributed by atoms with Crippen molar-refractivity contribution < 1.29 is 28.2 Å². The maximum atomic E-state index is 15.2. The minimum atomic E-state index is -1.95. The largest absolute Gasteiger partial charge is 0.495 e. The highest BCUT2D eigenvalue weighted by Crippen LogP contribution is 2.45. The van der Waals surface area contributed by atoms with E-state index in [1.54, 1.807) is 55.6 Å². The van der Waals surface area contributed by atoms with Gasteiger partial charge >= 0.3 is 0 Å². The summed E-state index contributed by atoms with van der Waals surface area (Å²) < 4.78 is 40.6. The second-order valence-electron chi connectivity index (χ2n) is 11.8. The first-order valence-corrected chi connectivity index (χ1v) is 15.0. The summed E-state index contributed by atoms with van der Waals surface area (Å²) in [5.74, 6) is -1.92. The van der Waals surface area contributed by atoms with Gasteiger partial charge in [-0.25, -0.2) is 13.8 Å². The molecule has 2 atom stereocenters. The number of aromatic nitrogens is 1. The number of carbonyl (C=O) groups excluding carboxylic acids is 1. The van der Waals surface area contributed by atoms with Crippen LogP contribution in [0.1, 0.15) is 52.5 Å². The van der Waals surface area contributed by atoms with E-state index < -0.39 is 28.7 Å². The normalized spacial score (nSPS) is 18.6. The maximum absolute atomic E-state index is 15.2. The number of nitrogens with one attached hydrogen (secondary N) is 1. The number of benzene rings is 3. The first kappa shape index (κ1) is 31.4. The zero-order valence-electron chi connectivity index (χ0n) is 25.1. The van der Waals surface area contributed by atoms with Crippen LogP contribution in [-0.4, -0.2) is 48.5 Å². The lowest BCUT2D eigenvalue weighted by molar-refractivity contribution is 0.0666. The quantitative estimate of drug-likeness (QED) is 0.113. The van der Waals surface area contributed by atoms with Crippen LogP contribution >= 0.6 is 11.6 Å². The summed E-state index contributed by atoms with van der Waals surface area (Å²) in [4.78, 5) is 22.7. The molecular formula is C34H32ClF2N5O4. The summed E-state index contributed by atoms with van der Waals surface area (Å²) in [5, 5.41) is 14.9. The number of halogens is 3. The molecule has 0 spiro atoms. The van der Waals surface area contributed by atoms with Crippen LogP contribution in [0, 0.1) is 11.6 Å². The smallest absolute Gasteiger partial charge is 0.251 e. The zero-order valence-corrected chi connectivity index (χ0v) is 25.9. The Balaban J connectivity index is 1.43. The summed E-state index contributed by atoms with van der Waals surface area (Å²) >= 11 is 6.03. The lowest BCUT2D eigenvalue weighted by Crippen LogP contribution is -2.43. The number of methoxy groups -OCH3 is 1. The molecule has 0 unspecified atom stereocenters. The Labute approximate surface area is 269 Å². The summed E-state index contributed by atoms with van der Waals surface area (Å²) in [6.07, 6.45) is 3.64. The maximum Gasteiger partial charge on any atom is 0.251 e. The monoisotopic (exact) mass is 647 g/mol. The Morgan fingerprint density at radius 3 is 2.65 bits per heavy atom. The number of fused-ring (bicyclic) bond motifs is 1. The van der Waals surface area contributed by atoms with Crippen LogP contribution in [0.3, 0.4) is 0 Å². The zero-order chi connectivity index (χ0) is 32.8. The average molecular weight is 648 g/mol. The van der Waals surface area contributed by atoms with Gasteiger partial charge in [0.1, 0.15) is 35.3 Å². The highest BCUT2D eigenvalue weighted by molar-refractivity contribution is 6.31. The number of nitrogens with zero attached hydrogens (tertiary/aromatic N) is 2. The van der Waals surface area contributed by atoms with Crippen molar-refractivity contribution in [2.75, 3.05) is 26.0 Å². The van der Waals surface area contributed by atoms with Crippen molar-refractivity contribution in [2.24, 2.45) is 10.7 Å². The number of rotatable bonds is 9. The third-order valence-electron chi connectivity index (χ3n) is 8.18. The number of nitrogen functional groups attached to an aromatic ring is 1. The number of amides is 1. The molecule has 2 aliphatic rings. The van der Waals surface area contributed by atoms with Gasteiger partial charge in [-0.3, -0.25) is 9.79 Å². The molecule has 2 heterocycles. The van der Waals surface area contributed by atoms with Gasteiger partial charge in [-0.2, -0.15) is 0 Å². The molecule has 6 N–H and O–H groups in total. The summed E-state index contributed by atoms with van der Waals surface area (Å²) in [5.41, 5.74) is 11.6. The number of aliphatic imine (C=N–C) groups is 1. The SMILES string of the molecule is COc1cc(C(=O)NC[C@@](O)(c2ccccc2)c2cc3c(c(-c4cc(Cl)c(F)cc4F)n2)OC[C@]3(C)N)cc(C=NC2CC2)c1N. The van der Waals surface area contributed by atoms with Crippen molar-refractivity contribution in [3.63, 3.8) is 0 Å². The summed E-state index contributed by atoms with van der Waals surface area (Å²) in [7, 11) is 1.45. The predicted molar refractivity (Wildman–Crippen MR) is 171 cm³/mol. The number of anilines is 1. The van der Waals surface area contributed by atoms with E-state index in [2.05, 4.69) is 15.3 Å². The molecule has 4 aromatic rings. The lowest BCUT2D eigenvalue weighted by Gasteiger charge is -2.30. The number of hydrogen-bond donors (Lipinski definition) is 4. The van der Waals surface area contributed by atoms with Gasteiger partial charge in [0.05, 0.1) is 41.6 Å². The van der Waals surface area contributed by atoms with E-state index in [1.807, 2.05) is 0 Å². The van der Waals surface area contributed by atoms with Crippen molar-refractivity contribution in [3.05, 3.63) is 105 Å². The average Bonchev–Trinajstić information content (AvgIpc) is 3.83. The van der Waals surface area contributed by atoms with Crippen LogP contribution in [0.5, 0.6) is 11.5 Å². The number of aliphatic hydroxyl groups is 1. The van der Waals surface area contributed by atoms with E-state index >= 15 is 4.39 Å². The third-order valence-corrected chi connectivity index (χ3v) is 8.47. The lowest BCUT2D eigenvalue weighted by atomic mass is 9.85. The van der Waals surface area contributed by atoms with Gasteiger partial charge in [0, 0.05) is 34.5 Å². The van der Waals surface area contributed by atoms with Crippen LogP contribution in [-0.2, 0) is 11.1 Å². The highest BCUT2D eigenvalue weighted by atomic mass is 35.5. The summed E-state index contributed by atoms with van der Waals surface area (Å²) in [6.45, 7) is 1.42. The predicted octanol–water partition coefficient (Wildman–Crippen LogP) is 5.08. The van der Waals surface area contributed by atoms with E-state index in [0.717, 1.165) is 18.9 Å². The second-order valence-corrected chi connectivity index (χ2v) is 12.2. The third kappa shape index (κ3) is 5.89. The van der Waals surface area contributed by atoms with Gasteiger partial charge in [0.15, 0.2) is 5.75 Å². The topological polar surface area (TPSA) is 145 Å². The first-order valence-electron chi connectivity index (χ1n) is 14.6. The van der Waals surface area contributed by atoms with Crippen molar-refractivity contribution in [3.8, 4) is 22.8 Å². The van der Waals surface area contributed by atoms with Crippen molar-refractivity contribution in [2.45, 2.75) is 36.9 Å². The number of ether oxygens (including phenoxy) is 2. The molecule has 238 valence electrons. The van der Waals surface area contributed by atoms with Gasteiger partial charge in [0.2, 0.25) is 0 Å². The van der Waals surface area contributed by atoms with Crippen LogP contribution in [0.4, 0.5) is 14.5 Å². The van der Waals surface area contributed by atoms with Gasteiger partial charge < -0.3 is 31.4 Å².